The number of aromatic nitrogens is 3. The highest BCUT2D eigenvalue weighted by Gasteiger charge is 2.14. The molecule has 3 aromatic rings. The van der Waals surface area contributed by atoms with Crippen LogP contribution in [0.4, 0.5) is 5.69 Å². The lowest BCUT2D eigenvalue weighted by molar-refractivity contribution is -0.113. The first kappa shape index (κ1) is 20.1. The maximum atomic E-state index is 12.4. The number of nitrogens with zero attached hydrogens (tertiary/aromatic N) is 3. The van der Waals surface area contributed by atoms with E-state index in [-0.39, 0.29) is 11.7 Å². The van der Waals surface area contributed by atoms with E-state index in [1.807, 2.05) is 61.9 Å². The number of amides is 1. The quantitative estimate of drug-likeness (QED) is 0.470. The van der Waals surface area contributed by atoms with Crippen LogP contribution in [0, 0.1) is 13.8 Å². The van der Waals surface area contributed by atoms with Gasteiger partial charge in [-0.3, -0.25) is 4.79 Å². The molecule has 1 heterocycles. The lowest BCUT2D eigenvalue weighted by atomic mass is 10.1. The van der Waals surface area contributed by atoms with Crippen molar-refractivity contribution in [3.8, 4) is 11.4 Å². The molecule has 0 unspecified atom stereocenters. The standard InChI is InChI=1S/C19H18Br2N4OS/c1-11-12(2)16(9-8-15(11)21)22-17(26)10-27-19-24-23-18(25(19)3)13-4-6-14(20)7-5-13/h4-9H,10H2,1-3H3,(H,22,26). The number of hydrogen-bond donors (Lipinski definition) is 1. The number of nitrogens with one attached hydrogen (secondary N) is 1. The van der Waals surface area contributed by atoms with Crippen molar-refractivity contribution in [2.45, 2.75) is 19.0 Å². The molecule has 0 bridgehead atoms. The molecule has 0 atom stereocenters. The van der Waals surface area contributed by atoms with Crippen LogP contribution in [0.2, 0.25) is 0 Å². The lowest BCUT2D eigenvalue weighted by Crippen LogP contribution is -2.15. The Morgan fingerprint density at radius 2 is 1.78 bits per heavy atom. The molecule has 27 heavy (non-hydrogen) atoms. The molecule has 1 aromatic heterocycles. The first-order valence-electron chi connectivity index (χ1n) is 8.20. The summed E-state index contributed by atoms with van der Waals surface area (Å²) in [5.74, 6) is 0.962. The van der Waals surface area contributed by atoms with E-state index in [4.69, 9.17) is 0 Å². The first-order chi connectivity index (χ1) is 12.9. The van der Waals surface area contributed by atoms with E-state index >= 15 is 0 Å². The van der Waals surface area contributed by atoms with Gasteiger partial charge in [0.15, 0.2) is 11.0 Å². The molecule has 1 amide bonds. The lowest BCUT2D eigenvalue weighted by Gasteiger charge is -2.11. The smallest absolute Gasteiger partial charge is 0.234 e. The minimum Gasteiger partial charge on any atom is -0.325 e. The molecule has 0 aliphatic carbocycles. The van der Waals surface area contributed by atoms with E-state index < -0.39 is 0 Å². The Morgan fingerprint density at radius 1 is 1.07 bits per heavy atom. The highest BCUT2D eigenvalue weighted by molar-refractivity contribution is 9.10. The zero-order chi connectivity index (χ0) is 19.6. The van der Waals surface area contributed by atoms with Crippen molar-refractivity contribution in [3.63, 3.8) is 0 Å². The van der Waals surface area contributed by atoms with E-state index in [0.29, 0.717) is 5.16 Å². The molecule has 0 spiro atoms. The van der Waals surface area contributed by atoms with Crippen LogP contribution in [-0.4, -0.2) is 26.4 Å². The third-order valence-corrected chi connectivity index (χ3v) is 6.67. The first-order valence-corrected chi connectivity index (χ1v) is 10.8. The summed E-state index contributed by atoms with van der Waals surface area (Å²) in [6.07, 6.45) is 0. The van der Waals surface area contributed by atoms with Crippen LogP contribution in [0.5, 0.6) is 0 Å². The van der Waals surface area contributed by atoms with E-state index in [9.17, 15) is 4.79 Å². The van der Waals surface area contributed by atoms with Crippen LogP contribution in [0.1, 0.15) is 11.1 Å². The normalized spacial score (nSPS) is 10.9. The van der Waals surface area contributed by atoms with Crippen molar-refractivity contribution in [2.24, 2.45) is 7.05 Å². The van der Waals surface area contributed by atoms with Crippen LogP contribution in [0.3, 0.4) is 0 Å². The molecule has 5 nitrogen and oxygen atoms in total. The van der Waals surface area contributed by atoms with Gasteiger partial charge in [-0.15, -0.1) is 10.2 Å². The topological polar surface area (TPSA) is 59.8 Å². The molecule has 8 heteroatoms. The molecular formula is C19H18Br2N4OS. The second kappa shape index (κ2) is 8.58. The minimum atomic E-state index is -0.0713. The Hall–Kier alpha value is -1.64. The van der Waals surface area contributed by atoms with Gasteiger partial charge in [0.1, 0.15) is 0 Å². The van der Waals surface area contributed by atoms with Gasteiger partial charge in [0.05, 0.1) is 5.75 Å². The summed E-state index contributed by atoms with van der Waals surface area (Å²) < 4.78 is 3.95. The maximum Gasteiger partial charge on any atom is 0.234 e. The predicted molar refractivity (Wildman–Crippen MR) is 117 cm³/mol. The van der Waals surface area contributed by atoms with Gasteiger partial charge in [-0.1, -0.05) is 55.8 Å². The van der Waals surface area contributed by atoms with Gasteiger partial charge in [0.25, 0.3) is 0 Å². The SMILES string of the molecule is Cc1c(Br)ccc(NC(=O)CSc2nnc(-c3ccc(Br)cc3)n2C)c1C. The zero-order valence-corrected chi connectivity index (χ0v) is 19.1. The van der Waals surface area contributed by atoms with Gasteiger partial charge in [-0.25, -0.2) is 0 Å². The van der Waals surface area contributed by atoms with Crippen molar-refractivity contribution in [2.75, 3.05) is 11.1 Å². The summed E-state index contributed by atoms with van der Waals surface area (Å²) in [4.78, 5) is 12.4. The summed E-state index contributed by atoms with van der Waals surface area (Å²) in [6, 6.07) is 11.7. The van der Waals surface area contributed by atoms with Crippen LogP contribution in [0.15, 0.2) is 50.5 Å². The van der Waals surface area contributed by atoms with E-state index in [2.05, 4.69) is 47.4 Å². The fourth-order valence-electron chi connectivity index (χ4n) is 2.53. The maximum absolute atomic E-state index is 12.4. The molecule has 1 N–H and O–H groups in total. The fourth-order valence-corrected chi connectivity index (χ4v) is 3.94. The van der Waals surface area contributed by atoms with Crippen LogP contribution in [0.25, 0.3) is 11.4 Å². The Bertz CT molecular complexity index is 986. The molecule has 0 fully saturated rings. The Labute approximate surface area is 179 Å². The number of carbonyl (C=O) groups is 1. The number of rotatable bonds is 5. The molecule has 0 saturated heterocycles. The Kier molecular flexibility index (Phi) is 6.39. The molecule has 0 aliphatic rings. The van der Waals surface area contributed by atoms with Crippen molar-refractivity contribution < 1.29 is 4.79 Å². The number of hydrogen-bond acceptors (Lipinski definition) is 4. The molecule has 0 aliphatic heterocycles. The molecule has 3 rings (SSSR count). The van der Waals surface area contributed by atoms with Crippen LogP contribution in [-0.2, 0) is 11.8 Å². The monoisotopic (exact) mass is 508 g/mol. The third kappa shape index (κ3) is 4.62. The predicted octanol–water partition coefficient (Wildman–Crippen LogP) is 5.35. The fraction of sp³-hybridized carbons (Fsp3) is 0.211. The second-order valence-corrected chi connectivity index (χ2v) is 8.77. The number of anilines is 1. The van der Waals surface area contributed by atoms with E-state index in [0.717, 1.165) is 37.1 Å². The van der Waals surface area contributed by atoms with Crippen molar-refractivity contribution >= 4 is 55.2 Å². The van der Waals surface area contributed by atoms with Crippen molar-refractivity contribution in [1.82, 2.24) is 14.8 Å². The zero-order valence-electron chi connectivity index (χ0n) is 15.1. The summed E-state index contributed by atoms with van der Waals surface area (Å²) >= 11 is 8.30. The highest BCUT2D eigenvalue weighted by atomic mass is 79.9. The minimum absolute atomic E-state index is 0.0713. The average Bonchev–Trinajstić information content (AvgIpc) is 3.02. The largest absolute Gasteiger partial charge is 0.325 e. The highest BCUT2D eigenvalue weighted by Crippen LogP contribution is 2.27. The Balaban J connectivity index is 1.66. The molecule has 0 radical (unpaired) electrons. The summed E-state index contributed by atoms with van der Waals surface area (Å²) in [6.45, 7) is 4.02. The number of thioether (sulfide) groups is 1. The molecule has 0 saturated carbocycles. The Morgan fingerprint density at radius 3 is 2.48 bits per heavy atom. The second-order valence-electron chi connectivity index (χ2n) is 6.05. The van der Waals surface area contributed by atoms with Gasteiger partial charge in [-0.05, 0) is 49.2 Å². The summed E-state index contributed by atoms with van der Waals surface area (Å²) in [5.41, 5.74) is 3.98. The van der Waals surface area contributed by atoms with Crippen LogP contribution < -0.4 is 5.32 Å². The van der Waals surface area contributed by atoms with Gasteiger partial charge in [-0.2, -0.15) is 0 Å². The van der Waals surface area contributed by atoms with Crippen molar-refractivity contribution in [3.05, 3.63) is 56.5 Å². The molecule has 2 aromatic carbocycles. The van der Waals surface area contributed by atoms with Gasteiger partial charge in [0.2, 0.25) is 5.91 Å². The van der Waals surface area contributed by atoms with Crippen molar-refractivity contribution in [1.29, 1.82) is 0 Å². The number of benzene rings is 2. The third-order valence-electron chi connectivity index (χ3n) is 4.26. The van der Waals surface area contributed by atoms with Gasteiger partial charge >= 0.3 is 0 Å². The van der Waals surface area contributed by atoms with E-state index in [1.54, 1.807) is 0 Å². The van der Waals surface area contributed by atoms with Gasteiger partial charge < -0.3 is 9.88 Å². The molecular weight excluding hydrogens is 492 g/mol. The summed E-state index contributed by atoms with van der Waals surface area (Å²) in [5, 5.41) is 12.1. The summed E-state index contributed by atoms with van der Waals surface area (Å²) in [7, 11) is 1.90. The van der Waals surface area contributed by atoms with E-state index in [1.165, 1.54) is 11.8 Å². The van der Waals surface area contributed by atoms with Crippen LogP contribution >= 0.6 is 43.6 Å². The average molecular weight is 510 g/mol. The molecule has 140 valence electrons. The number of halogens is 2. The van der Waals surface area contributed by atoms with Gasteiger partial charge in [0, 0.05) is 27.2 Å². The number of carbonyl (C=O) groups excluding carboxylic acids is 1.